The molecule has 3 rings (SSSR count). The normalized spacial score (nSPS) is 16.0. The fourth-order valence-corrected chi connectivity index (χ4v) is 5.50. The Morgan fingerprint density at radius 3 is 2.68 bits per heavy atom. The van der Waals surface area contributed by atoms with Crippen LogP contribution in [0.3, 0.4) is 0 Å². The van der Waals surface area contributed by atoms with Crippen LogP contribution in [0.4, 0.5) is 0 Å². The lowest BCUT2D eigenvalue weighted by atomic mass is 10.4. The van der Waals surface area contributed by atoms with Gasteiger partial charge in [-0.2, -0.15) is 0 Å². The second-order valence-corrected chi connectivity index (χ2v) is 9.48. The third-order valence-corrected chi connectivity index (χ3v) is 6.88. The first-order valence-corrected chi connectivity index (χ1v) is 10.2. The number of thioether (sulfide) groups is 1. The third-order valence-electron chi connectivity index (χ3n) is 3.07. The van der Waals surface area contributed by atoms with Crippen LogP contribution in [0.15, 0.2) is 50.4 Å². The van der Waals surface area contributed by atoms with E-state index in [0.717, 1.165) is 30.6 Å². The molecule has 1 aliphatic heterocycles. The molecule has 2 aromatic rings. The predicted octanol–water partition coefficient (Wildman–Crippen LogP) is 4.84. The van der Waals surface area contributed by atoms with Crippen LogP contribution >= 0.6 is 58.7 Å². The van der Waals surface area contributed by atoms with E-state index in [-0.39, 0.29) is 10.2 Å². The first kappa shape index (κ1) is 18.5. The van der Waals surface area contributed by atoms with Gasteiger partial charge < -0.3 is 5.11 Å². The van der Waals surface area contributed by atoms with Crippen molar-refractivity contribution >= 4 is 81.0 Å². The van der Waals surface area contributed by atoms with Gasteiger partial charge >= 0.3 is 5.97 Å². The van der Waals surface area contributed by atoms with E-state index in [1.165, 1.54) is 0 Å². The van der Waals surface area contributed by atoms with Crippen molar-refractivity contribution in [3.05, 3.63) is 51.2 Å². The monoisotopic (exact) mass is 427 g/mol. The van der Waals surface area contributed by atoms with Crippen LogP contribution in [0.25, 0.3) is 6.08 Å². The van der Waals surface area contributed by atoms with Crippen molar-refractivity contribution in [2.75, 3.05) is 6.54 Å². The SMILES string of the molecule is O=C(O)CN1C(=O)/C(=C\c2ccc(Sc3ccc(Cl)cc3)s2)SC1=S. The third kappa shape index (κ3) is 4.65. The number of aliphatic carboxylic acids is 1. The van der Waals surface area contributed by atoms with Crippen molar-refractivity contribution in [2.45, 2.75) is 9.10 Å². The van der Waals surface area contributed by atoms with E-state index >= 15 is 0 Å². The summed E-state index contributed by atoms with van der Waals surface area (Å²) in [6.45, 7) is -0.413. The van der Waals surface area contributed by atoms with Crippen molar-refractivity contribution in [1.82, 2.24) is 4.90 Å². The molecule has 25 heavy (non-hydrogen) atoms. The van der Waals surface area contributed by atoms with E-state index in [1.54, 1.807) is 29.2 Å². The molecule has 0 aliphatic carbocycles. The number of amides is 1. The number of hydrogen-bond acceptors (Lipinski definition) is 6. The number of nitrogens with zero attached hydrogens (tertiary/aromatic N) is 1. The molecule has 1 aliphatic rings. The summed E-state index contributed by atoms with van der Waals surface area (Å²) in [4.78, 5) is 26.6. The summed E-state index contributed by atoms with van der Waals surface area (Å²) >= 11 is 15.2. The van der Waals surface area contributed by atoms with Crippen molar-refractivity contribution in [2.24, 2.45) is 0 Å². The number of carboxylic acids is 1. The van der Waals surface area contributed by atoms with Crippen LogP contribution in [0, 0.1) is 0 Å². The molecule has 0 saturated carbocycles. The lowest BCUT2D eigenvalue weighted by Gasteiger charge is -2.09. The summed E-state index contributed by atoms with van der Waals surface area (Å²) in [5.41, 5.74) is 0. The van der Waals surface area contributed by atoms with Gasteiger partial charge in [-0.1, -0.05) is 47.3 Å². The van der Waals surface area contributed by atoms with E-state index in [0.29, 0.717) is 9.93 Å². The van der Waals surface area contributed by atoms with Gasteiger partial charge in [0.1, 0.15) is 10.9 Å². The van der Waals surface area contributed by atoms with Crippen LogP contribution < -0.4 is 0 Å². The Morgan fingerprint density at radius 2 is 2.00 bits per heavy atom. The zero-order chi connectivity index (χ0) is 18.0. The highest BCUT2D eigenvalue weighted by Gasteiger charge is 2.33. The Bertz CT molecular complexity index is 876. The molecule has 0 bridgehead atoms. The van der Waals surface area contributed by atoms with Gasteiger partial charge in [-0.05, 0) is 42.5 Å². The van der Waals surface area contributed by atoms with E-state index < -0.39 is 12.5 Å². The Hall–Kier alpha value is -1.32. The van der Waals surface area contributed by atoms with Crippen molar-refractivity contribution in [1.29, 1.82) is 0 Å². The van der Waals surface area contributed by atoms with Gasteiger partial charge in [-0.15, -0.1) is 11.3 Å². The largest absolute Gasteiger partial charge is 0.480 e. The highest BCUT2D eigenvalue weighted by atomic mass is 35.5. The van der Waals surface area contributed by atoms with Gasteiger partial charge in [0.25, 0.3) is 5.91 Å². The first-order chi connectivity index (χ1) is 11.9. The van der Waals surface area contributed by atoms with Crippen LogP contribution in [-0.2, 0) is 9.59 Å². The molecule has 1 aromatic heterocycles. The number of benzene rings is 1. The number of carboxylic acid groups (broad SMARTS) is 1. The molecule has 4 nitrogen and oxygen atoms in total. The van der Waals surface area contributed by atoms with E-state index in [1.807, 2.05) is 36.4 Å². The van der Waals surface area contributed by atoms with Crippen LogP contribution in [0.5, 0.6) is 0 Å². The predicted molar refractivity (Wildman–Crippen MR) is 107 cm³/mol. The van der Waals surface area contributed by atoms with Crippen molar-refractivity contribution in [3.8, 4) is 0 Å². The molecule has 0 spiro atoms. The Labute approximate surface area is 166 Å². The zero-order valence-corrected chi connectivity index (χ0v) is 16.5. The number of halogens is 1. The maximum absolute atomic E-state index is 12.3. The minimum atomic E-state index is -1.09. The molecule has 2 heterocycles. The van der Waals surface area contributed by atoms with E-state index in [4.69, 9.17) is 28.9 Å². The van der Waals surface area contributed by atoms with Gasteiger partial charge in [0, 0.05) is 14.8 Å². The second-order valence-electron chi connectivity index (χ2n) is 4.87. The summed E-state index contributed by atoms with van der Waals surface area (Å²) in [5, 5.41) is 9.55. The van der Waals surface area contributed by atoms with Gasteiger partial charge in [0.05, 0.1) is 9.11 Å². The molecule has 0 radical (unpaired) electrons. The first-order valence-electron chi connectivity index (χ1n) is 6.93. The fraction of sp³-hybridized carbons (Fsp3) is 0.0625. The smallest absolute Gasteiger partial charge is 0.323 e. The highest BCUT2D eigenvalue weighted by molar-refractivity contribution is 8.26. The number of thiocarbonyl (C=S) groups is 1. The maximum atomic E-state index is 12.3. The van der Waals surface area contributed by atoms with Crippen molar-refractivity contribution < 1.29 is 14.7 Å². The molecule has 1 fully saturated rings. The molecule has 128 valence electrons. The second kappa shape index (κ2) is 7.92. The van der Waals surface area contributed by atoms with Gasteiger partial charge in [-0.25, -0.2) is 0 Å². The Balaban J connectivity index is 1.73. The summed E-state index contributed by atoms with van der Waals surface area (Å²) in [7, 11) is 0. The molecule has 1 aromatic carbocycles. The Morgan fingerprint density at radius 1 is 1.28 bits per heavy atom. The quantitative estimate of drug-likeness (QED) is 0.544. The van der Waals surface area contributed by atoms with Crippen LogP contribution in [0.2, 0.25) is 5.02 Å². The summed E-state index contributed by atoms with van der Waals surface area (Å²) in [6, 6.07) is 11.5. The van der Waals surface area contributed by atoms with E-state index in [9.17, 15) is 9.59 Å². The molecule has 1 amide bonds. The molecule has 0 atom stereocenters. The minimum Gasteiger partial charge on any atom is -0.480 e. The van der Waals surface area contributed by atoms with Gasteiger partial charge in [0.15, 0.2) is 0 Å². The molecule has 1 N–H and O–H groups in total. The number of carbonyl (C=O) groups excluding carboxylic acids is 1. The molecule has 1 saturated heterocycles. The molecular weight excluding hydrogens is 418 g/mol. The van der Waals surface area contributed by atoms with Crippen molar-refractivity contribution in [3.63, 3.8) is 0 Å². The molecule has 9 heteroatoms. The average molecular weight is 428 g/mol. The summed E-state index contributed by atoms with van der Waals surface area (Å²) in [5.74, 6) is -1.45. The topological polar surface area (TPSA) is 57.6 Å². The highest BCUT2D eigenvalue weighted by Crippen LogP contribution is 2.37. The number of rotatable bonds is 5. The summed E-state index contributed by atoms with van der Waals surface area (Å²) in [6.07, 6.45) is 1.75. The standard InChI is InChI=1S/C16H10ClNO3S4/c17-9-1-3-10(4-2-9)23-14-6-5-11(24-14)7-12-15(21)18(8-13(19)20)16(22)25-12/h1-7H,8H2,(H,19,20)/b12-7+. The minimum absolute atomic E-state index is 0.269. The summed E-state index contributed by atoms with van der Waals surface area (Å²) < 4.78 is 1.35. The maximum Gasteiger partial charge on any atom is 0.323 e. The number of thiophene rings is 1. The lowest BCUT2D eigenvalue weighted by molar-refractivity contribution is -0.140. The Kier molecular flexibility index (Phi) is 5.85. The number of carbonyl (C=O) groups is 2. The molecule has 0 unspecified atom stereocenters. The lowest BCUT2D eigenvalue weighted by Crippen LogP contribution is -2.33. The van der Waals surface area contributed by atoms with Gasteiger partial charge in [-0.3, -0.25) is 14.5 Å². The number of hydrogen-bond donors (Lipinski definition) is 1. The van der Waals surface area contributed by atoms with Gasteiger partial charge in [0.2, 0.25) is 0 Å². The fourth-order valence-electron chi connectivity index (χ4n) is 1.99. The average Bonchev–Trinajstić information content (AvgIpc) is 3.09. The van der Waals surface area contributed by atoms with Crippen LogP contribution in [0.1, 0.15) is 4.88 Å². The molecular formula is C16H10ClNO3S4. The van der Waals surface area contributed by atoms with E-state index in [2.05, 4.69) is 0 Å². The van der Waals surface area contributed by atoms with Crippen LogP contribution in [-0.4, -0.2) is 32.7 Å². The zero-order valence-electron chi connectivity index (χ0n) is 12.5.